The Morgan fingerprint density at radius 1 is 1.33 bits per heavy atom. The molecule has 1 atom stereocenters. The molecule has 3 amide bonds. The summed E-state index contributed by atoms with van der Waals surface area (Å²) in [5.74, 6) is -0.581. The molecular weight excluding hydrogens is 234 g/mol. The van der Waals surface area contributed by atoms with Crippen LogP contribution in [0.5, 0.6) is 0 Å². The first kappa shape index (κ1) is 12.4. The highest BCUT2D eigenvalue weighted by Gasteiger charge is 2.18. The van der Waals surface area contributed by atoms with E-state index in [0.29, 0.717) is 12.3 Å². The van der Waals surface area contributed by atoms with Crippen molar-refractivity contribution in [2.45, 2.75) is 19.1 Å². The van der Waals surface area contributed by atoms with E-state index in [0.717, 1.165) is 12.8 Å². The van der Waals surface area contributed by atoms with Crippen LogP contribution in [0.25, 0.3) is 0 Å². The Balaban J connectivity index is 2.00. The molecule has 96 valence electrons. The summed E-state index contributed by atoms with van der Waals surface area (Å²) in [5.41, 5.74) is 5.89. The van der Waals surface area contributed by atoms with Crippen LogP contribution in [0, 0.1) is 0 Å². The standard InChI is InChI=1S/C12H15N3O3/c13-11(16)8-4-1-2-5-9(8)14-12(17)15-10-6-3-7-18-10/h1-2,4-5,10H,3,6-7H2,(H2,13,16)(H2,14,15,17). The number of carbonyl (C=O) groups is 2. The first-order valence-corrected chi connectivity index (χ1v) is 5.75. The van der Waals surface area contributed by atoms with Crippen LogP contribution in [0.15, 0.2) is 24.3 Å². The Morgan fingerprint density at radius 2 is 2.11 bits per heavy atom. The number of nitrogens with one attached hydrogen (secondary N) is 2. The van der Waals surface area contributed by atoms with E-state index in [4.69, 9.17) is 10.5 Å². The predicted molar refractivity (Wildman–Crippen MR) is 66.1 cm³/mol. The summed E-state index contributed by atoms with van der Waals surface area (Å²) in [6.07, 6.45) is 1.47. The highest BCUT2D eigenvalue weighted by molar-refractivity contribution is 6.02. The molecule has 0 radical (unpaired) electrons. The van der Waals surface area contributed by atoms with Crippen LogP contribution in [-0.4, -0.2) is 24.8 Å². The van der Waals surface area contributed by atoms with Gasteiger partial charge in [-0.15, -0.1) is 0 Å². The maximum atomic E-state index is 11.7. The summed E-state index contributed by atoms with van der Waals surface area (Å²) < 4.78 is 5.28. The summed E-state index contributed by atoms with van der Waals surface area (Å²) in [5, 5.41) is 5.26. The lowest BCUT2D eigenvalue weighted by atomic mass is 10.1. The predicted octanol–water partition coefficient (Wildman–Crippen LogP) is 1.04. The minimum absolute atomic E-state index is 0.259. The van der Waals surface area contributed by atoms with E-state index in [1.54, 1.807) is 24.3 Å². The normalized spacial score (nSPS) is 18.3. The van der Waals surface area contributed by atoms with Crippen LogP contribution in [-0.2, 0) is 4.74 Å². The fourth-order valence-electron chi connectivity index (χ4n) is 1.80. The number of para-hydroxylation sites is 1. The second-order valence-electron chi connectivity index (χ2n) is 4.01. The molecule has 1 aromatic rings. The van der Waals surface area contributed by atoms with Crippen molar-refractivity contribution in [3.05, 3.63) is 29.8 Å². The number of hydrogen-bond acceptors (Lipinski definition) is 3. The van der Waals surface area contributed by atoms with E-state index in [2.05, 4.69) is 10.6 Å². The van der Waals surface area contributed by atoms with Crippen LogP contribution in [0.1, 0.15) is 23.2 Å². The van der Waals surface area contributed by atoms with Gasteiger partial charge in [-0.1, -0.05) is 12.1 Å². The van der Waals surface area contributed by atoms with Crippen molar-refractivity contribution in [2.24, 2.45) is 5.73 Å². The largest absolute Gasteiger partial charge is 0.366 e. The number of amides is 3. The third-order valence-corrected chi connectivity index (χ3v) is 2.66. The maximum absolute atomic E-state index is 11.7. The molecule has 1 fully saturated rings. The van der Waals surface area contributed by atoms with Gasteiger partial charge < -0.3 is 21.1 Å². The zero-order chi connectivity index (χ0) is 13.0. The minimum atomic E-state index is -0.581. The van der Waals surface area contributed by atoms with Gasteiger partial charge in [0.25, 0.3) is 5.91 Å². The molecule has 18 heavy (non-hydrogen) atoms. The molecular formula is C12H15N3O3. The molecule has 0 spiro atoms. The van der Waals surface area contributed by atoms with Crippen molar-refractivity contribution in [3.8, 4) is 0 Å². The summed E-state index contributed by atoms with van der Waals surface area (Å²) in [6, 6.07) is 6.17. The fraction of sp³-hybridized carbons (Fsp3) is 0.333. The van der Waals surface area contributed by atoms with Crippen LogP contribution in [0.3, 0.4) is 0 Å². The Bertz CT molecular complexity index is 456. The summed E-state index contributed by atoms with van der Waals surface area (Å²) in [7, 11) is 0. The minimum Gasteiger partial charge on any atom is -0.366 e. The smallest absolute Gasteiger partial charge is 0.321 e. The quantitative estimate of drug-likeness (QED) is 0.747. The van der Waals surface area contributed by atoms with Gasteiger partial charge in [-0.05, 0) is 25.0 Å². The molecule has 6 nitrogen and oxygen atoms in total. The summed E-state index contributed by atoms with van der Waals surface area (Å²) >= 11 is 0. The third-order valence-electron chi connectivity index (χ3n) is 2.66. The van der Waals surface area contributed by atoms with Crippen molar-refractivity contribution in [1.29, 1.82) is 0 Å². The van der Waals surface area contributed by atoms with E-state index >= 15 is 0 Å². The average molecular weight is 249 g/mol. The number of rotatable bonds is 3. The van der Waals surface area contributed by atoms with Gasteiger partial charge in [0.1, 0.15) is 6.23 Å². The molecule has 4 N–H and O–H groups in total. The topological polar surface area (TPSA) is 93.5 Å². The summed E-state index contributed by atoms with van der Waals surface area (Å²) in [6.45, 7) is 0.656. The van der Waals surface area contributed by atoms with Crippen LogP contribution in [0.2, 0.25) is 0 Å². The monoisotopic (exact) mass is 249 g/mol. The molecule has 1 aromatic carbocycles. The van der Waals surface area contributed by atoms with Crippen LogP contribution < -0.4 is 16.4 Å². The molecule has 1 aliphatic rings. The molecule has 1 unspecified atom stereocenters. The molecule has 1 saturated heterocycles. The first-order valence-electron chi connectivity index (χ1n) is 5.75. The van der Waals surface area contributed by atoms with Crippen molar-refractivity contribution in [3.63, 3.8) is 0 Å². The zero-order valence-electron chi connectivity index (χ0n) is 9.81. The van der Waals surface area contributed by atoms with Gasteiger partial charge in [0.2, 0.25) is 0 Å². The van der Waals surface area contributed by atoms with E-state index < -0.39 is 11.9 Å². The lowest BCUT2D eigenvalue weighted by Crippen LogP contribution is -2.37. The zero-order valence-corrected chi connectivity index (χ0v) is 9.81. The number of carbonyl (C=O) groups excluding carboxylic acids is 2. The first-order chi connectivity index (χ1) is 8.66. The van der Waals surface area contributed by atoms with Gasteiger partial charge >= 0.3 is 6.03 Å². The van der Waals surface area contributed by atoms with E-state index in [1.165, 1.54) is 0 Å². The number of urea groups is 1. The van der Waals surface area contributed by atoms with Crippen LogP contribution in [0.4, 0.5) is 10.5 Å². The SMILES string of the molecule is NC(=O)c1ccccc1NC(=O)NC1CCCO1. The Labute approximate surface area is 104 Å². The Kier molecular flexibility index (Phi) is 3.78. The Morgan fingerprint density at radius 3 is 2.78 bits per heavy atom. The van der Waals surface area contributed by atoms with Crippen molar-refractivity contribution in [1.82, 2.24) is 5.32 Å². The number of primary amides is 1. The number of benzene rings is 1. The van der Waals surface area contributed by atoms with Crippen molar-refractivity contribution >= 4 is 17.6 Å². The number of ether oxygens (including phenoxy) is 1. The fourth-order valence-corrected chi connectivity index (χ4v) is 1.80. The molecule has 6 heteroatoms. The van der Waals surface area contributed by atoms with Gasteiger partial charge in [0.05, 0.1) is 11.3 Å². The second kappa shape index (κ2) is 5.50. The highest BCUT2D eigenvalue weighted by Crippen LogP contribution is 2.14. The number of nitrogens with two attached hydrogens (primary N) is 1. The van der Waals surface area contributed by atoms with Gasteiger partial charge in [-0.2, -0.15) is 0 Å². The van der Waals surface area contributed by atoms with E-state index in [9.17, 15) is 9.59 Å². The van der Waals surface area contributed by atoms with Gasteiger partial charge in [0, 0.05) is 6.61 Å². The molecule has 0 aliphatic carbocycles. The van der Waals surface area contributed by atoms with Gasteiger partial charge in [-0.25, -0.2) is 4.79 Å². The van der Waals surface area contributed by atoms with E-state index in [-0.39, 0.29) is 11.8 Å². The molecule has 0 aromatic heterocycles. The van der Waals surface area contributed by atoms with Crippen molar-refractivity contribution < 1.29 is 14.3 Å². The molecule has 0 bridgehead atoms. The lowest BCUT2D eigenvalue weighted by Gasteiger charge is -2.14. The van der Waals surface area contributed by atoms with Gasteiger partial charge in [-0.3, -0.25) is 4.79 Å². The van der Waals surface area contributed by atoms with E-state index in [1.807, 2.05) is 0 Å². The lowest BCUT2D eigenvalue weighted by molar-refractivity contribution is 0.0928. The number of hydrogen-bond donors (Lipinski definition) is 3. The molecule has 1 aliphatic heterocycles. The van der Waals surface area contributed by atoms with Crippen LogP contribution >= 0.6 is 0 Å². The Hall–Kier alpha value is -2.08. The summed E-state index contributed by atoms with van der Waals surface area (Å²) in [4.78, 5) is 22.9. The molecule has 0 saturated carbocycles. The molecule has 2 rings (SSSR count). The highest BCUT2D eigenvalue weighted by atomic mass is 16.5. The third kappa shape index (κ3) is 2.98. The maximum Gasteiger partial charge on any atom is 0.321 e. The molecule has 1 heterocycles. The van der Waals surface area contributed by atoms with Crippen molar-refractivity contribution in [2.75, 3.05) is 11.9 Å². The number of anilines is 1. The average Bonchev–Trinajstić information content (AvgIpc) is 2.82. The van der Waals surface area contributed by atoms with Gasteiger partial charge in [0.15, 0.2) is 0 Å². The second-order valence-corrected chi connectivity index (χ2v) is 4.01.